The van der Waals surface area contributed by atoms with E-state index in [2.05, 4.69) is 17.0 Å². The largest absolute Gasteiger partial charge is 0.497 e. The highest BCUT2D eigenvalue weighted by Crippen LogP contribution is 2.18. The number of nitrogens with zero attached hydrogens (tertiary/aromatic N) is 2. The molecule has 0 fully saturated rings. The number of aryl methyl sites for hydroxylation is 1. The molecule has 0 aliphatic carbocycles. The molecule has 0 amide bonds. The number of hydrogen-bond acceptors (Lipinski definition) is 3. The third-order valence-corrected chi connectivity index (χ3v) is 4.28. The zero-order valence-corrected chi connectivity index (χ0v) is 15.6. The van der Waals surface area contributed by atoms with Crippen LogP contribution in [0.4, 0.5) is 10.1 Å². The van der Waals surface area contributed by atoms with Gasteiger partial charge in [-0.15, -0.1) is 0 Å². The quantitative estimate of drug-likeness (QED) is 0.656. The van der Waals surface area contributed by atoms with Crippen LogP contribution < -0.4 is 10.3 Å². The van der Waals surface area contributed by atoms with Gasteiger partial charge < -0.3 is 4.74 Å². The van der Waals surface area contributed by atoms with Crippen molar-refractivity contribution in [2.45, 2.75) is 26.7 Å². The van der Waals surface area contributed by atoms with E-state index in [4.69, 9.17) is 4.74 Å². The van der Waals surface area contributed by atoms with Crippen LogP contribution in [-0.2, 0) is 6.42 Å². The lowest BCUT2D eigenvalue weighted by Gasteiger charge is -2.03. The Balaban J connectivity index is 2.06. The number of halogens is 1. The van der Waals surface area contributed by atoms with Gasteiger partial charge >= 0.3 is 0 Å². The Kier molecular flexibility index (Phi) is 5.54. The summed E-state index contributed by atoms with van der Waals surface area (Å²) in [4.78, 5) is 17.6. The Hall–Kier alpha value is -3.15. The molecule has 27 heavy (non-hydrogen) atoms. The molecule has 3 rings (SSSR count). The average molecular weight is 367 g/mol. The highest BCUT2D eigenvalue weighted by Gasteiger charge is 2.17. The van der Waals surface area contributed by atoms with Gasteiger partial charge in [0.15, 0.2) is 0 Å². The van der Waals surface area contributed by atoms with Crippen molar-refractivity contribution in [3.63, 3.8) is 0 Å². The maximum atomic E-state index is 13.1. The molecule has 6 heteroatoms. The Morgan fingerprint density at radius 3 is 2.41 bits per heavy atom. The van der Waals surface area contributed by atoms with E-state index in [1.165, 1.54) is 16.8 Å². The van der Waals surface area contributed by atoms with Crippen molar-refractivity contribution in [3.8, 4) is 11.4 Å². The zero-order chi connectivity index (χ0) is 19.4. The van der Waals surface area contributed by atoms with Gasteiger partial charge in [-0.2, -0.15) is 0 Å². The molecule has 0 unspecified atom stereocenters. The fraction of sp³-hybridized carbons (Fsp3) is 0.238. The van der Waals surface area contributed by atoms with Crippen LogP contribution in [-0.4, -0.2) is 22.6 Å². The first kappa shape index (κ1) is 18.6. The van der Waals surface area contributed by atoms with Crippen molar-refractivity contribution in [1.29, 1.82) is 0 Å². The Bertz CT molecular complexity index is 999. The number of aromatic amines is 1. The first-order valence-corrected chi connectivity index (χ1v) is 8.83. The zero-order valence-electron chi connectivity index (χ0n) is 15.6. The number of benzene rings is 2. The van der Waals surface area contributed by atoms with Crippen molar-refractivity contribution in [3.05, 3.63) is 76.0 Å². The third kappa shape index (κ3) is 4.00. The van der Waals surface area contributed by atoms with Gasteiger partial charge in [0.1, 0.15) is 11.6 Å². The van der Waals surface area contributed by atoms with Gasteiger partial charge in [-0.05, 0) is 61.9 Å². The smallest absolute Gasteiger partial charge is 0.280 e. The lowest BCUT2D eigenvalue weighted by Crippen LogP contribution is -2.19. The average Bonchev–Trinajstić information content (AvgIpc) is 3.00. The van der Waals surface area contributed by atoms with Gasteiger partial charge in [0, 0.05) is 5.69 Å². The molecule has 140 valence electrons. The van der Waals surface area contributed by atoms with Gasteiger partial charge in [-0.1, -0.05) is 13.3 Å². The van der Waals surface area contributed by atoms with Gasteiger partial charge in [-0.25, -0.2) is 9.07 Å². The number of methoxy groups -OCH3 is 1. The number of H-pyrrole nitrogens is 1. The summed E-state index contributed by atoms with van der Waals surface area (Å²) in [6, 6.07) is 13.1. The second-order valence-electron chi connectivity index (χ2n) is 6.23. The minimum absolute atomic E-state index is 0.160. The summed E-state index contributed by atoms with van der Waals surface area (Å²) in [7, 11) is 1.60. The topological polar surface area (TPSA) is 59.4 Å². The summed E-state index contributed by atoms with van der Waals surface area (Å²) < 4.78 is 19.8. The van der Waals surface area contributed by atoms with Crippen LogP contribution >= 0.6 is 0 Å². The van der Waals surface area contributed by atoms with Crippen LogP contribution in [0.3, 0.4) is 0 Å². The molecular formula is C21H22FN3O2. The minimum atomic E-state index is -0.318. The molecule has 0 radical (unpaired) electrons. The number of aliphatic imine (C=N–C) groups is 1. The maximum absolute atomic E-state index is 13.1. The number of nitrogens with one attached hydrogen (secondary N) is 1. The third-order valence-electron chi connectivity index (χ3n) is 4.28. The highest BCUT2D eigenvalue weighted by molar-refractivity contribution is 6.01. The molecule has 0 aliphatic rings. The van der Waals surface area contributed by atoms with Crippen LogP contribution in [0.5, 0.6) is 5.75 Å². The summed E-state index contributed by atoms with van der Waals surface area (Å²) in [5, 5.41) is 3.20. The molecule has 5 nitrogen and oxygen atoms in total. The molecule has 1 N–H and O–H groups in total. The predicted molar refractivity (Wildman–Crippen MR) is 105 cm³/mol. The van der Waals surface area contributed by atoms with Gasteiger partial charge in [0.25, 0.3) is 5.56 Å². The molecule has 3 aromatic rings. The van der Waals surface area contributed by atoms with E-state index in [9.17, 15) is 9.18 Å². The summed E-state index contributed by atoms with van der Waals surface area (Å²) in [6.45, 7) is 3.85. The van der Waals surface area contributed by atoms with E-state index in [1.807, 2.05) is 12.1 Å². The second kappa shape index (κ2) is 8.03. The molecule has 1 aromatic heterocycles. The van der Waals surface area contributed by atoms with E-state index < -0.39 is 0 Å². The predicted octanol–water partition coefficient (Wildman–Crippen LogP) is 4.41. The maximum Gasteiger partial charge on any atom is 0.280 e. The van der Waals surface area contributed by atoms with Crippen LogP contribution in [0.15, 0.2) is 58.3 Å². The van der Waals surface area contributed by atoms with Gasteiger partial charge in [0.05, 0.1) is 29.8 Å². The van der Waals surface area contributed by atoms with Crippen LogP contribution in [0.25, 0.3) is 5.69 Å². The number of ether oxygens (including phenoxy) is 1. The van der Waals surface area contributed by atoms with E-state index in [1.54, 1.807) is 38.3 Å². The number of rotatable bonds is 6. The molecule has 0 bridgehead atoms. The highest BCUT2D eigenvalue weighted by atomic mass is 19.1. The summed E-state index contributed by atoms with van der Waals surface area (Å²) in [5.74, 6) is 0.406. The monoisotopic (exact) mass is 367 g/mol. The first-order valence-electron chi connectivity index (χ1n) is 8.83. The molecule has 0 spiro atoms. The molecule has 1 heterocycles. The summed E-state index contributed by atoms with van der Waals surface area (Å²) >= 11 is 0. The fourth-order valence-electron chi connectivity index (χ4n) is 2.96. The summed E-state index contributed by atoms with van der Waals surface area (Å²) in [6.07, 6.45) is 1.61. The van der Waals surface area contributed by atoms with Crippen LogP contribution in [0.2, 0.25) is 0 Å². The second-order valence-corrected chi connectivity index (χ2v) is 6.23. The van der Waals surface area contributed by atoms with Crippen molar-refractivity contribution >= 4 is 11.4 Å². The van der Waals surface area contributed by atoms with E-state index in [0.29, 0.717) is 17.0 Å². The molecule has 2 aromatic carbocycles. The van der Waals surface area contributed by atoms with Crippen LogP contribution in [0, 0.1) is 5.82 Å². The van der Waals surface area contributed by atoms with Gasteiger partial charge in [-0.3, -0.25) is 14.9 Å². The van der Waals surface area contributed by atoms with Crippen molar-refractivity contribution in [2.24, 2.45) is 4.99 Å². The Morgan fingerprint density at radius 1 is 1.15 bits per heavy atom. The molecular weight excluding hydrogens is 345 g/mol. The van der Waals surface area contributed by atoms with E-state index in [0.717, 1.165) is 30.0 Å². The molecule has 0 saturated carbocycles. The Morgan fingerprint density at radius 2 is 1.81 bits per heavy atom. The van der Waals surface area contributed by atoms with E-state index in [-0.39, 0.29) is 11.4 Å². The Labute approximate surface area is 157 Å². The standard InChI is InChI=1S/C21H22FN3O2/c1-4-5-19-20(14(2)23-16-8-6-15(22)7-9-16)21(26)25(24-19)17-10-12-18(27-3)13-11-17/h6-13,24H,4-5H2,1-3H3. The minimum Gasteiger partial charge on any atom is -0.497 e. The van der Waals surface area contributed by atoms with Crippen molar-refractivity contribution in [1.82, 2.24) is 9.78 Å². The fourth-order valence-corrected chi connectivity index (χ4v) is 2.96. The number of hydrogen-bond donors (Lipinski definition) is 1. The molecule has 0 saturated heterocycles. The van der Waals surface area contributed by atoms with E-state index >= 15 is 0 Å². The molecule has 0 aliphatic heterocycles. The number of aromatic nitrogens is 2. The SMILES string of the molecule is CCCc1[nH]n(-c2ccc(OC)cc2)c(=O)c1C(C)=Nc1ccc(F)cc1. The van der Waals surface area contributed by atoms with Crippen molar-refractivity contribution < 1.29 is 9.13 Å². The normalized spacial score (nSPS) is 11.6. The van der Waals surface area contributed by atoms with Gasteiger partial charge in [0.2, 0.25) is 0 Å². The first-order chi connectivity index (χ1) is 13.0. The lowest BCUT2D eigenvalue weighted by molar-refractivity contribution is 0.414. The van der Waals surface area contributed by atoms with Crippen molar-refractivity contribution in [2.75, 3.05) is 7.11 Å². The summed E-state index contributed by atoms with van der Waals surface area (Å²) in [5.41, 5.74) is 3.15. The molecule has 0 atom stereocenters. The van der Waals surface area contributed by atoms with Crippen LogP contribution in [0.1, 0.15) is 31.5 Å². The lowest BCUT2D eigenvalue weighted by atomic mass is 10.1.